The maximum absolute atomic E-state index is 12.3. The molecule has 0 atom stereocenters. The fourth-order valence-electron chi connectivity index (χ4n) is 1.92. The van der Waals surface area contributed by atoms with Crippen LogP contribution in [-0.4, -0.2) is 10.9 Å². The normalized spacial score (nSPS) is 10.8. The molecule has 0 spiro atoms. The highest BCUT2D eigenvalue weighted by molar-refractivity contribution is 9.11. The van der Waals surface area contributed by atoms with Gasteiger partial charge in [-0.25, -0.2) is 4.98 Å². The number of benzene rings is 2. The molecule has 0 fully saturated rings. The average Bonchev–Trinajstić information content (AvgIpc) is 2.79. The quantitative estimate of drug-likeness (QED) is 0.598. The van der Waals surface area contributed by atoms with Crippen LogP contribution in [0.1, 0.15) is 15.9 Å². The summed E-state index contributed by atoms with van der Waals surface area (Å²) in [5, 5.41) is 3.46. The minimum atomic E-state index is -0.176. The molecule has 6 heteroatoms. The van der Waals surface area contributed by atoms with Crippen molar-refractivity contribution >= 4 is 64.5 Å². The van der Waals surface area contributed by atoms with Crippen LogP contribution < -0.4 is 5.32 Å². The minimum Gasteiger partial charge on any atom is -0.298 e. The van der Waals surface area contributed by atoms with Gasteiger partial charge in [-0.2, -0.15) is 0 Å². The third-order valence-electron chi connectivity index (χ3n) is 2.94. The predicted molar refractivity (Wildman–Crippen MR) is 94.2 cm³/mol. The van der Waals surface area contributed by atoms with Crippen LogP contribution >= 0.6 is 43.2 Å². The Kier molecular flexibility index (Phi) is 4.10. The number of aromatic nitrogens is 1. The number of halogens is 2. The molecule has 3 nitrogen and oxygen atoms in total. The van der Waals surface area contributed by atoms with E-state index in [9.17, 15) is 4.79 Å². The average molecular weight is 426 g/mol. The van der Waals surface area contributed by atoms with E-state index in [0.29, 0.717) is 10.7 Å². The lowest BCUT2D eigenvalue weighted by atomic mass is 10.2. The van der Waals surface area contributed by atoms with Gasteiger partial charge in [-0.05, 0) is 58.7 Å². The van der Waals surface area contributed by atoms with Crippen LogP contribution in [0.5, 0.6) is 0 Å². The van der Waals surface area contributed by atoms with E-state index in [0.717, 1.165) is 19.2 Å². The number of thiazole rings is 1. The largest absolute Gasteiger partial charge is 0.298 e. The van der Waals surface area contributed by atoms with Gasteiger partial charge in [-0.1, -0.05) is 33.3 Å². The summed E-state index contributed by atoms with van der Waals surface area (Å²) >= 11 is 8.24. The fourth-order valence-corrected chi connectivity index (χ4v) is 4.11. The molecule has 0 bridgehead atoms. The molecule has 0 aliphatic heterocycles. The van der Waals surface area contributed by atoms with Crippen LogP contribution in [0.3, 0.4) is 0 Å². The zero-order valence-corrected chi connectivity index (χ0v) is 15.0. The molecular formula is C15H10Br2N2OS. The van der Waals surface area contributed by atoms with Crippen molar-refractivity contribution < 1.29 is 4.79 Å². The van der Waals surface area contributed by atoms with Crippen molar-refractivity contribution in [1.82, 2.24) is 4.98 Å². The summed E-state index contributed by atoms with van der Waals surface area (Å²) in [6, 6.07) is 11.5. The molecular weight excluding hydrogens is 416 g/mol. The van der Waals surface area contributed by atoms with E-state index in [1.807, 2.05) is 31.2 Å². The number of anilines is 1. The summed E-state index contributed by atoms with van der Waals surface area (Å²) in [6.07, 6.45) is 0. The van der Waals surface area contributed by atoms with Crippen molar-refractivity contribution in [2.24, 2.45) is 0 Å². The maximum atomic E-state index is 12.3. The first-order valence-corrected chi connectivity index (χ1v) is 8.57. The molecule has 1 aromatic heterocycles. The summed E-state index contributed by atoms with van der Waals surface area (Å²) in [4.78, 5) is 16.7. The summed E-state index contributed by atoms with van der Waals surface area (Å²) in [6.45, 7) is 2.04. The molecule has 0 aliphatic rings. The summed E-state index contributed by atoms with van der Waals surface area (Å²) < 4.78 is 2.73. The first-order chi connectivity index (χ1) is 10.0. The Morgan fingerprint density at radius 3 is 2.76 bits per heavy atom. The van der Waals surface area contributed by atoms with Crippen molar-refractivity contribution in [2.75, 3.05) is 5.32 Å². The van der Waals surface area contributed by atoms with E-state index in [-0.39, 0.29) is 5.91 Å². The molecule has 0 radical (unpaired) electrons. The molecule has 2 aromatic carbocycles. The smallest absolute Gasteiger partial charge is 0.258 e. The van der Waals surface area contributed by atoms with E-state index in [2.05, 4.69) is 48.2 Å². The topological polar surface area (TPSA) is 42.0 Å². The standard InChI is InChI=1S/C15H10Br2N2OS/c1-8-2-5-12-13(6-8)21-15(18-12)19-14(20)10-4-3-9(16)7-11(10)17/h2-7H,1H3,(H,18,19,20). The zero-order chi connectivity index (χ0) is 15.0. The lowest BCUT2D eigenvalue weighted by Crippen LogP contribution is -2.12. The highest BCUT2D eigenvalue weighted by Crippen LogP contribution is 2.28. The van der Waals surface area contributed by atoms with Crippen molar-refractivity contribution in [3.8, 4) is 0 Å². The van der Waals surface area contributed by atoms with Gasteiger partial charge in [0.05, 0.1) is 15.8 Å². The van der Waals surface area contributed by atoms with Gasteiger partial charge in [0.15, 0.2) is 5.13 Å². The molecule has 106 valence electrons. The Balaban J connectivity index is 1.89. The molecule has 1 amide bonds. The predicted octanol–water partition coefficient (Wildman–Crippen LogP) is 5.38. The number of nitrogens with one attached hydrogen (secondary N) is 1. The van der Waals surface area contributed by atoms with Gasteiger partial charge in [0.2, 0.25) is 0 Å². The minimum absolute atomic E-state index is 0.176. The van der Waals surface area contributed by atoms with Crippen LogP contribution in [0, 0.1) is 6.92 Å². The number of rotatable bonds is 2. The molecule has 3 rings (SSSR count). The van der Waals surface area contributed by atoms with Crippen molar-refractivity contribution in [3.63, 3.8) is 0 Å². The van der Waals surface area contributed by atoms with Crippen LogP contribution in [0.2, 0.25) is 0 Å². The molecule has 21 heavy (non-hydrogen) atoms. The van der Waals surface area contributed by atoms with Gasteiger partial charge in [0.25, 0.3) is 5.91 Å². The Bertz CT molecular complexity index is 845. The second-order valence-corrected chi connectivity index (χ2v) is 7.37. The Labute approximate surface area is 142 Å². The summed E-state index contributed by atoms with van der Waals surface area (Å²) in [5.41, 5.74) is 2.66. The molecule has 1 heterocycles. The van der Waals surface area contributed by atoms with Gasteiger partial charge in [0.1, 0.15) is 0 Å². The van der Waals surface area contributed by atoms with Crippen molar-refractivity contribution in [2.45, 2.75) is 6.92 Å². The second-order valence-electron chi connectivity index (χ2n) is 4.57. The number of hydrogen-bond acceptors (Lipinski definition) is 3. The van der Waals surface area contributed by atoms with E-state index in [4.69, 9.17) is 0 Å². The Hall–Kier alpha value is -1.24. The van der Waals surface area contributed by atoms with Gasteiger partial charge in [-0.15, -0.1) is 0 Å². The maximum Gasteiger partial charge on any atom is 0.258 e. The molecule has 0 saturated carbocycles. The molecule has 1 N–H and O–H groups in total. The van der Waals surface area contributed by atoms with Gasteiger partial charge >= 0.3 is 0 Å². The monoisotopic (exact) mass is 424 g/mol. The lowest BCUT2D eigenvalue weighted by Gasteiger charge is -2.04. The third-order valence-corrected chi connectivity index (χ3v) is 5.02. The number of nitrogens with zero attached hydrogens (tertiary/aromatic N) is 1. The molecule has 0 saturated heterocycles. The van der Waals surface area contributed by atoms with E-state index in [1.54, 1.807) is 6.07 Å². The van der Waals surface area contributed by atoms with Crippen molar-refractivity contribution in [1.29, 1.82) is 0 Å². The van der Waals surface area contributed by atoms with Gasteiger partial charge < -0.3 is 0 Å². The van der Waals surface area contributed by atoms with Gasteiger partial charge in [0, 0.05) is 8.95 Å². The number of amides is 1. The Morgan fingerprint density at radius 1 is 1.19 bits per heavy atom. The number of carbonyl (C=O) groups excluding carboxylic acids is 1. The van der Waals surface area contributed by atoms with Crippen LogP contribution in [0.25, 0.3) is 10.2 Å². The second kappa shape index (κ2) is 5.87. The summed E-state index contributed by atoms with van der Waals surface area (Å²) in [7, 11) is 0. The van der Waals surface area contributed by atoms with E-state index < -0.39 is 0 Å². The van der Waals surface area contributed by atoms with Crippen LogP contribution in [0.15, 0.2) is 45.3 Å². The van der Waals surface area contributed by atoms with E-state index in [1.165, 1.54) is 16.9 Å². The molecule has 0 unspecified atom stereocenters. The SMILES string of the molecule is Cc1ccc2nc(NC(=O)c3ccc(Br)cc3Br)sc2c1. The number of carbonyl (C=O) groups is 1. The van der Waals surface area contributed by atoms with Gasteiger partial charge in [-0.3, -0.25) is 10.1 Å². The van der Waals surface area contributed by atoms with E-state index >= 15 is 0 Å². The highest BCUT2D eigenvalue weighted by atomic mass is 79.9. The highest BCUT2D eigenvalue weighted by Gasteiger charge is 2.13. The first kappa shape index (κ1) is 14.7. The number of fused-ring (bicyclic) bond motifs is 1. The molecule has 0 aliphatic carbocycles. The zero-order valence-electron chi connectivity index (χ0n) is 11.0. The Morgan fingerprint density at radius 2 is 2.00 bits per heavy atom. The fraction of sp³-hybridized carbons (Fsp3) is 0.0667. The van der Waals surface area contributed by atoms with Crippen molar-refractivity contribution in [3.05, 3.63) is 56.5 Å². The number of hydrogen-bond donors (Lipinski definition) is 1. The van der Waals surface area contributed by atoms with Crippen LogP contribution in [-0.2, 0) is 0 Å². The number of aryl methyl sites for hydroxylation is 1. The third kappa shape index (κ3) is 3.17. The lowest BCUT2D eigenvalue weighted by molar-refractivity contribution is 0.102. The first-order valence-electron chi connectivity index (χ1n) is 6.16. The van der Waals surface area contributed by atoms with Crippen LogP contribution in [0.4, 0.5) is 5.13 Å². The summed E-state index contributed by atoms with van der Waals surface area (Å²) in [5.74, 6) is -0.176. The molecule has 3 aromatic rings.